The molecule has 0 atom stereocenters. The third-order valence-electron chi connectivity index (χ3n) is 2.31. The summed E-state index contributed by atoms with van der Waals surface area (Å²) in [5.74, 6) is -0.500. The van der Waals surface area contributed by atoms with Crippen LogP contribution in [0.25, 0.3) is 0 Å². The quantitative estimate of drug-likeness (QED) is 0.808. The lowest BCUT2D eigenvalue weighted by Gasteiger charge is -2.06. The molecule has 0 saturated carbocycles. The Hall–Kier alpha value is -2.35. The molecule has 0 aliphatic rings. The number of hydrogen-bond donors (Lipinski definition) is 2. The van der Waals surface area contributed by atoms with Crippen LogP contribution < -0.4 is 11.1 Å². The highest BCUT2D eigenvalue weighted by atomic mass is 32.2. The van der Waals surface area contributed by atoms with Crippen molar-refractivity contribution in [2.24, 2.45) is 0 Å². The molecule has 2 aromatic rings. The van der Waals surface area contributed by atoms with Gasteiger partial charge >= 0.3 is 0 Å². The van der Waals surface area contributed by atoms with Gasteiger partial charge in [0.2, 0.25) is 0 Å². The fourth-order valence-electron chi connectivity index (χ4n) is 1.44. The monoisotopic (exact) mass is 281 g/mol. The van der Waals surface area contributed by atoms with Crippen molar-refractivity contribution in [2.75, 3.05) is 17.3 Å². The number of benzene rings is 1. The molecule has 0 spiro atoms. The summed E-state index contributed by atoms with van der Waals surface area (Å²) in [4.78, 5) is 11.9. The van der Waals surface area contributed by atoms with Gasteiger partial charge in [-0.2, -0.15) is 0 Å². The molecular weight excluding hydrogens is 270 g/mol. The molecule has 7 nitrogen and oxygen atoms in total. The Bertz CT molecular complexity index is 708. The highest BCUT2D eigenvalue weighted by molar-refractivity contribution is 7.90. The van der Waals surface area contributed by atoms with Gasteiger partial charge in [0, 0.05) is 17.5 Å². The normalized spacial score (nSPS) is 11.2. The van der Waals surface area contributed by atoms with Crippen LogP contribution in [-0.4, -0.2) is 25.7 Å². The lowest BCUT2D eigenvalue weighted by atomic mass is 10.2. The Balaban J connectivity index is 2.35. The maximum Gasteiger partial charge on any atom is 0.255 e. The average Bonchev–Trinajstić information content (AvgIpc) is 2.79. The van der Waals surface area contributed by atoms with Gasteiger partial charge in [0.1, 0.15) is 12.0 Å². The van der Waals surface area contributed by atoms with E-state index in [1.54, 1.807) is 0 Å². The van der Waals surface area contributed by atoms with Crippen LogP contribution in [0.2, 0.25) is 0 Å². The fraction of sp³-hybridized carbons (Fsp3) is 0.0909. The van der Waals surface area contributed by atoms with Gasteiger partial charge in [-0.3, -0.25) is 4.79 Å². The van der Waals surface area contributed by atoms with Crippen molar-refractivity contribution < 1.29 is 17.7 Å². The van der Waals surface area contributed by atoms with E-state index in [0.717, 1.165) is 6.26 Å². The summed E-state index contributed by atoms with van der Waals surface area (Å²) < 4.78 is 27.5. The number of nitrogens with two attached hydrogens (primary N) is 1. The maximum atomic E-state index is 11.9. The van der Waals surface area contributed by atoms with Crippen LogP contribution in [0.4, 0.5) is 11.4 Å². The van der Waals surface area contributed by atoms with E-state index in [1.165, 1.54) is 30.7 Å². The predicted molar refractivity (Wildman–Crippen MR) is 68.4 cm³/mol. The summed E-state index contributed by atoms with van der Waals surface area (Å²) in [6.45, 7) is 0. The standard InChI is InChI=1S/C11H11N3O4S/c1-19(16,17)10-3-7(2-8(12)4-10)11(15)14-9-5-13-18-6-9/h2-6H,12H2,1H3,(H,14,15). The van der Waals surface area contributed by atoms with E-state index in [4.69, 9.17) is 5.73 Å². The number of anilines is 2. The summed E-state index contributed by atoms with van der Waals surface area (Å²) in [7, 11) is -3.43. The number of rotatable bonds is 3. The van der Waals surface area contributed by atoms with Crippen molar-refractivity contribution in [2.45, 2.75) is 4.90 Å². The number of nitrogens with one attached hydrogen (secondary N) is 1. The minimum Gasteiger partial charge on any atom is -0.399 e. The summed E-state index contributed by atoms with van der Waals surface area (Å²) in [6.07, 6.45) is 3.62. The number of amides is 1. The van der Waals surface area contributed by atoms with Crippen LogP contribution in [0.15, 0.2) is 40.1 Å². The smallest absolute Gasteiger partial charge is 0.255 e. The lowest BCUT2D eigenvalue weighted by Crippen LogP contribution is -2.13. The predicted octanol–water partition coefficient (Wildman–Crippen LogP) is 0.913. The molecule has 0 saturated heterocycles. The van der Waals surface area contributed by atoms with E-state index in [9.17, 15) is 13.2 Å². The molecule has 19 heavy (non-hydrogen) atoms. The number of hydrogen-bond acceptors (Lipinski definition) is 6. The van der Waals surface area contributed by atoms with E-state index in [-0.39, 0.29) is 16.1 Å². The average molecular weight is 281 g/mol. The molecule has 0 radical (unpaired) electrons. The Labute approximate surface area is 109 Å². The van der Waals surface area contributed by atoms with Crippen molar-refractivity contribution >= 4 is 27.1 Å². The zero-order valence-electron chi connectivity index (χ0n) is 9.95. The van der Waals surface area contributed by atoms with Crippen LogP contribution in [0.1, 0.15) is 10.4 Å². The van der Waals surface area contributed by atoms with Gasteiger partial charge in [-0.25, -0.2) is 8.42 Å². The molecule has 1 aromatic carbocycles. The second kappa shape index (κ2) is 4.73. The molecule has 100 valence electrons. The Morgan fingerprint density at radius 3 is 2.68 bits per heavy atom. The van der Waals surface area contributed by atoms with E-state index in [2.05, 4.69) is 15.0 Å². The minimum absolute atomic E-state index is 0.0111. The van der Waals surface area contributed by atoms with Crippen LogP contribution >= 0.6 is 0 Å². The minimum atomic E-state index is -3.43. The third-order valence-corrected chi connectivity index (χ3v) is 3.40. The van der Waals surface area contributed by atoms with Gasteiger partial charge in [0.25, 0.3) is 5.91 Å². The molecule has 1 heterocycles. The van der Waals surface area contributed by atoms with Gasteiger partial charge < -0.3 is 15.6 Å². The molecule has 0 fully saturated rings. The topological polar surface area (TPSA) is 115 Å². The first kappa shape index (κ1) is 13.1. The zero-order valence-corrected chi connectivity index (χ0v) is 10.8. The molecular formula is C11H11N3O4S. The van der Waals surface area contributed by atoms with Crippen LogP contribution in [0.3, 0.4) is 0 Å². The van der Waals surface area contributed by atoms with Crippen LogP contribution in [0.5, 0.6) is 0 Å². The summed E-state index contributed by atoms with van der Waals surface area (Å²) in [5, 5.41) is 5.93. The van der Waals surface area contributed by atoms with E-state index < -0.39 is 15.7 Å². The lowest BCUT2D eigenvalue weighted by molar-refractivity contribution is 0.102. The highest BCUT2D eigenvalue weighted by Crippen LogP contribution is 2.18. The summed E-state index contributed by atoms with van der Waals surface area (Å²) >= 11 is 0. The van der Waals surface area contributed by atoms with Crippen molar-refractivity contribution in [3.05, 3.63) is 36.2 Å². The zero-order chi connectivity index (χ0) is 14.0. The number of aromatic nitrogens is 1. The molecule has 8 heteroatoms. The Kier molecular flexibility index (Phi) is 3.26. The number of nitrogen functional groups attached to an aromatic ring is 1. The summed E-state index contributed by atoms with van der Waals surface area (Å²) in [5.41, 5.74) is 6.29. The first-order valence-electron chi connectivity index (χ1n) is 5.17. The molecule has 0 aliphatic heterocycles. The van der Waals surface area contributed by atoms with Gasteiger partial charge in [0.05, 0.1) is 11.1 Å². The van der Waals surface area contributed by atoms with Gasteiger partial charge in [-0.15, -0.1) is 0 Å². The Morgan fingerprint density at radius 2 is 2.11 bits per heavy atom. The van der Waals surface area contributed by atoms with E-state index in [1.807, 2.05) is 0 Å². The van der Waals surface area contributed by atoms with Crippen molar-refractivity contribution in [3.63, 3.8) is 0 Å². The van der Waals surface area contributed by atoms with Crippen LogP contribution in [-0.2, 0) is 9.84 Å². The van der Waals surface area contributed by atoms with Crippen molar-refractivity contribution in [1.82, 2.24) is 5.16 Å². The van der Waals surface area contributed by atoms with Gasteiger partial charge in [-0.05, 0) is 18.2 Å². The fourth-order valence-corrected chi connectivity index (χ4v) is 2.13. The van der Waals surface area contributed by atoms with E-state index >= 15 is 0 Å². The van der Waals surface area contributed by atoms with E-state index in [0.29, 0.717) is 5.69 Å². The van der Waals surface area contributed by atoms with Gasteiger partial charge in [-0.1, -0.05) is 5.16 Å². The molecule has 0 unspecified atom stereocenters. The number of carbonyl (C=O) groups excluding carboxylic acids is 1. The van der Waals surface area contributed by atoms with Crippen molar-refractivity contribution in [3.8, 4) is 0 Å². The SMILES string of the molecule is CS(=O)(=O)c1cc(N)cc(C(=O)Nc2cnoc2)c1. The second-order valence-electron chi connectivity index (χ2n) is 3.93. The molecule has 1 amide bonds. The molecule has 0 bridgehead atoms. The third kappa shape index (κ3) is 3.10. The first-order chi connectivity index (χ1) is 8.86. The Morgan fingerprint density at radius 1 is 1.37 bits per heavy atom. The summed E-state index contributed by atoms with van der Waals surface area (Å²) in [6, 6.07) is 3.94. The molecule has 2 rings (SSSR count). The van der Waals surface area contributed by atoms with Crippen LogP contribution in [0, 0.1) is 0 Å². The number of sulfone groups is 1. The highest BCUT2D eigenvalue weighted by Gasteiger charge is 2.14. The van der Waals surface area contributed by atoms with Gasteiger partial charge in [0.15, 0.2) is 9.84 Å². The molecule has 3 N–H and O–H groups in total. The second-order valence-corrected chi connectivity index (χ2v) is 5.95. The number of carbonyl (C=O) groups is 1. The maximum absolute atomic E-state index is 11.9. The van der Waals surface area contributed by atoms with Crippen molar-refractivity contribution in [1.29, 1.82) is 0 Å². The number of nitrogens with zero attached hydrogens (tertiary/aromatic N) is 1. The first-order valence-corrected chi connectivity index (χ1v) is 7.07. The molecule has 1 aromatic heterocycles. The molecule has 0 aliphatic carbocycles. The largest absolute Gasteiger partial charge is 0.399 e.